The van der Waals surface area contributed by atoms with E-state index < -0.39 is 46.8 Å². The summed E-state index contributed by atoms with van der Waals surface area (Å²) < 4.78 is 11.7. The van der Waals surface area contributed by atoms with Gasteiger partial charge in [0.15, 0.2) is 0 Å². The summed E-state index contributed by atoms with van der Waals surface area (Å²) in [5.74, 6) is -4.16. The average Bonchev–Trinajstić information content (AvgIpc) is 3.59. The fourth-order valence-corrected chi connectivity index (χ4v) is 10.2. The third kappa shape index (κ3) is 5.37. The topological polar surface area (TPSA) is 125 Å². The van der Waals surface area contributed by atoms with E-state index >= 15 is 9.59 Å². The van der Waals surface area contributed by atoms with Crippen molar-refractivity contribution < 1.29 is 33.8 Å². The second-order valence-electron chi connectivity index (χ2n) is 15.0. The number of phenols is 1. The van der Waals surface area contributed by atoms with E-state index in [0.717, 1.165) is 22.6 Å². The molecule has 6 atom stereocenters. The monoisotopic (exact) mass is 789 g/mol. The van der Waals surface area contributed by atoms with Gasteiger partial charge in [-0.3, -0.25) is 29.5 Å². The van der Waals surface area contributed by atoms with Crippen molar-refractivity contribution in [2.75, 3.05) is 17.4 Å². The number of amides is 4. The third-order valence-electron chi connectivity index (χ3n) is 12.3. The highest BCUT2D eigenvalue weighted by molar-refractivity contribution is 6.36. The number of methoxy groups -OCH3 is 1. The number of allylic oxidation sites excluding steroid dienone is 3. The van der Waals surface area contributed by atoms with Gasteiger partial charge in [-0.1, -0.05) is 66.0 Å². The van der Waals surface area contributed by atoms with Crippen LogP contribution in [0, 0.1) is 29.6 Å². The third-order valence-corrected chi connectivity index (χ3v) is 12.9. The Labute approximate surface area is 333 Å². The summed E-state index contributed by atoms with van der Waals surface area (Å²) in [5, 5.41) is 12.1. The predicted molar refractivity (Wildman–Crippen MR) is 210 cm³/mol. The number of ether oxygens (including phenoxy) is 2. The molecule has 4 amide bonds. The lowest BCUT2D eigenvalue weighted by molar-refractivity contribution is -0.139. The molecule has 10 nitrogen and oxygen atoms in total. The SMILES string of the molecule is CCc1ccc(N2C(=O)C3CC=C4C(CC5C(=O)N(Nc6ccc(Cl)cc6Cl)C(=O)C5(c5ccc(OC)cc5)C4C4=COc5ccc(O)cc5C4)C3C2=O)cc1. The maximum Gasteiger partial charge on any atom is 0.260 e. The summed E-state index contributed by atoms with van der Waals surface area (Å²) in [7, 11) is 1.55. The molecule has 0 radical (unpaired) electrons. The molecular formula is C44H37Cl2N3O7. The van der Waals surface area contributed by atoms with Gasteiger partial charge >= 0.3 is 0 Å². The van der Waals surface area contributed by atoms with E-state index in [4.69, 9.17) is 32.7 Å². The molecule has 0 aromatic heterocycles. The summed E-state index contributed by atoms with van der Waals surface area (Å²) >= 11 is 12.8. The molecule has 9 rings (SSSR count). The lowest BCUT2D eigenvalue weighted by Gasteiger charge is -2.51. The Morgan fingerprint density at radius 1 is 0.911 bits per heavy atom. The number of nitrogens with one attached hydrogen (secondary N) is 1. The van der Waals surface area contributed by atoms with Crippen molar-refractivity contribution in [2.24, 2.45) is 29.6 Å². The summed E-state index contributed by atoms with van der Waals surface area (Å²) in [6.45, 7) is 2.04. The maximum atomic E-state index is 15.5. The van der Waals surface area contributed by atoms with Crippen LogP contribution in [0.5, 0.6) is 17.2 Å². The quantitative estimate of drug-likeness (QED) is 0.144. The number of benzene rings is 4. The van der Waals surface area contributed by atoms with Crippen LogP contribution in [-0.4, -0.2) is 40.9 Å². The van der Waals surface area contributed by atoms with Gasteiger partial charge in [-0.05, 0) is 103 Å². The van der Waals surface area contributed by atoms with Crippen LogP contribution in [-0.2, 0) is 37.4 Å². The maximum absolute atomic E-state index is 15.5. The number of carbonyl (C=O) groups is 4. The van der Waals surface area contributed by atoms with E-state index in [0.29, 0.717) is 44.6 Å². The first-order valence-corrected chi connectivity index (χ1v) is 19.4. The zero-order valence-corrected chi connectivity index (χ0v) is 32.0. The minimum absolute atomic E-state index is 0.0575. The second-order valence-corrected chi connectivity index (χ2v) is 15.9. The van der Waals surface area contributed by atoms with E-state index in [2.05, 4.69) is 5.43 Å². The molecule has 3 heterocycles. The van der Waals surface area contributed by atoms with Gasteiger partial charge in [-0.15, -0.1) is 0 Å². The number of hydrazine groups is 1. The minimum atomic E-state index is -1.53. The summed E-state index contributed by atoms with van der Waals surface area (Å²) in [4.78, 5) is 60.7. The van der Waals surface area contributed by atoms with Crippen molar-refractivity contribution in [3.8, 4) is 17.2 Å². The van der Waals surface area contributed by atoms with Gasteiger partial charge in [-0.25, -0.2) is 0 Å². The second kappa shape index (κ2) is 13.6. The van der Waals surface area contributed by atoms with Crippen molar-refractivity contribution in [3.63, 3.8) is 0 Å². The highest BCUT2D eigenvalue weighted by Gasteiger charge is 2.71. The Balaban J connectivity index is 1.22. The molecule has 2 aliphatic carbocycles. The number of anilines is 2. The number of nitrogens with zero attached hydrogens (tertiary/aromatic N) is 2. The molecule has 2 saturated heterocycles. The summed E-state index contributed by atoms with van der Waals surface area (Å²) in [6, 6.07) is 24.2. The molecule has 4 aromatic carbocycles. The lowest BCUT2D eigenvalue weighted by Crippen LogP contribution is -2.55. The van der Waals surface area contributed by atoms with Crippen LogP contribution in [0.1, 0.15) is 36.5 Å². The molecule has 12 heteroatoms. The molecule has 0 spiro atoms. The fraction of sp³-hybridized carbons (Fsp3) is 0.273. The Hall–Kier alpha value is -5.58. The number of hydrogen-bond donors (Lipinski definition) is 2. The first kappa shape index (κ1) is 36.1. The van der Waals surface area contributed by atoms with E-state index in [1.165, 1.54) is 11.0 Å². The average molecular weight is 791 g/mol. The molecule has 56 heavy (non-hydrogen) atoms. The predicted octanol–water partition coefficient (Wildman–Crippen LogP) is 7.81. The van der Waals surface area contributed by atoms with Gasteiger partial charge < -0.3 is 14.6 Å². The zero-order chi connectivity index (χ0) is 39.0. The van der Waals surface area contributed by atoms with E-state index in [9.17, 15) is 14.7 Å². The standard InChI is InChI=1S/C44H37Cl2N3O7/c1-3-23-4-9-28(10-5-23)48-40(51)32-15-14-31-33(38(32)42(48)53)21-34-41(52)49(47-36-16-8-27(45)20-35(36)46)43(54)44(34,26-6-12-30(55-2)13-7-26)39(31)25-18-24-19-29(50)11-17-37(24)56-22-25/h4-14,16-17,19-20,22,32-34,38-39,47,50H,3,15,18,21H2,1-2H3. The van der Waals surface area contributed by atoms with Crippen LogP contribution in [0.3, 0.4) is 0 Å². The van der Waals surface area contributed by atoms with Crippen LogP contribution in [0.25, 0.3) is 0 Å². The van der Waals surface area contributed by atoms with Gasteiger partial charge in [0.1, 0.15) is 17.2 Å². The molecule has 284 valence electrons. The summed E-state index contributed by atoms with van der Waals surface area (Å²) in [6.07, 6.45) is 5.15. The molecule has 0 bridgehead atoms. The number of hydrogen-bond acceptors (Lipinski definition) is 8. The number of halogens is 2. The molecule has 3 aliphatic heterocycles. The number of imide groups is 2. The number of phenolic OH excluding ortho intramolecular Hbond substituents is 1. The first-order chi connectivity index (χ1) is 27.0. The molecule has 6 unspecified atom stereocenters. The lowest BCUT2D eigenvalue weighted by atomic mass is 9.48. The van der Waals surface area contributed by atoms with Crippen molar-refractivity contribution in [1.82, 2.24) is 5.01 Å². The smallest absolute Gasteiger partial charge is 0.260 e. The van der Waals surface area contributed by atoms with Gasteiger partial charge in [0, 0.05) is 22.9 Å². The van der Waals surface area contributed by atoms with Crippen LogP contribution in [0.15, 0.2) is 108 Å². The molecule has 5 aliphatic rings. The van der Waals surface area contributed by atoms with E-state index in [1.54, 1.807) is 68.0 Å². The highest BCUT2D eigenvalue weighted by Crippen LogP contribution is 2.63. The van der Waals surface area contributed by atoms with Crippen molar-refractivity contribution in [3.05, 3.63) is 135 Å². The van der Waals surface area contributed by atoms with Crippen LogP contribution in [0.2, 0.25) is 10.0 Å². The van der Waals surface area contributed by atoms with E-state index in [1.807, 2.05) is 37.3 Å². The Morgan fingerprint density at radius 3 is 2.39 bits per heavy atom. The Bertz CT molecular complexity index is 2390. The van der Waals surface area contributed by atoms with Crippen LogP contribution < -0.4 is 19.8 Å². The Kier molecular flexibility index (Phi) is 8.74. The number of aromatic hydroxyl groups is 1. The van der Waals surface area contributed by atoms with Gasteiger partial charge in [0.2, 0.25) is 11.8 Å². The molecule has 3 fully saturated rings. The number of carbonyl (C=O) groups excluding carboxylic acids is 4. The Morgan fingerprint density at radius 2 is 1.68 bits per heavy atom. The van der Waals surface area contributed by atoms with Gasteiger partial charge in [0.25, 0.3) is 11.8 Å². The van der Waals surface area contributed by atoms with Crippen molar-refractivity contribution in [2.45, 2.75) is 38.0 Å². The van der Waals surface area contributed by atoms with Crippen molar-refractivity contribution >= 4 is 58.2 Å². The number of aryl methyl sites for hydroxylation is 1. The molecule has 4 aromatic rings. The minimum Gasteiger partial charge on any atom is -0.508 e. The first-order valence-electron chi connectivity index (χ1n) is 18.6. The number of rotatable bonds is 7. The summed E-state index contributed by atoms with van der Waals surface area (Å²) in [5.41, 5.74) is 6.16. The van der Waals surface area contributed by atoms with Crippen LogP contribution >= 0.6 is 23.2 Å². The van der Waals surface area contributed by atoms with Gasteiger partial charge in [0.05, 0.1) is 52.9 Å². The zero-order valence-electron chi connectivity index (χ0n) is 30.5. The highest BCUT2D eigenvalue weighted by atomic mass is 35.5. The van der Waals surface area contributed by atoms with E-state index in [-0.39, 0.29) is 41.8 Å². The molecular weight excluding hydrogens is 753 g/mol. The molecule has 2 N–H and O–H groups in total. The fourth-order valence-electron chi connectivity index (χ4n) is 9.79. The molecule has 1 saturated carbocycles. The number of fused-ring (bicyclic) bond motifs is 5. The van der Waals surface area contributed by atoms with Crippen LogP contribution in [0.4, 0.5) is 11.4 Å². The van der Waals surface area contributed by atoms with Gasteiger partial charge in [-0.2, -0.15) is 5.01 Å². The van der Waals surface area contributed by atoms with Crippen molar-refractivity contribution in [1.29, 1.82) is 0 Å². The largest absolute Gasteiger partial charge is 0.508 e. The normalized spacial score (nSPS) is 26.5.